The number of hydrogen-bond acceptors (Lipinski definition) is 4. The maximum Gasteiger partial charge on any atom is 1.00 e. The molecular weight excluding hydrogens is 250 g/mol. The Morgan fingerprint density at radius 2 is 1.56 bits per heavy atom. The van der Waals surface area contributed by atoms with Gasteiger partial charge in [-0.1, -0.05) is 12.1 Å². The molecular formula is C7H8NaO7P. The van der Waals surface area contributed by atoms with E-state index in [1.54, 1.807) is 6.07 Å². The molecule has 1 aromatic rings. The smallest absolute Gasteiger partial charge is 0.545 e. The van der Waals surface area contributed by atoms with E-state index in [1.165, 1.54) is 18.2 Å². The van der Waals surface area contributed by atoms with E-state index in [0.29, 0.717) is 0 Å². The van der Waals surface area contributed by atoms with Gasteiger partial charge in [-0.3, -0.25) is 0 Å². The van der Waals surface area contributed by atoms with E-state index in [2.05, 4.69) is 0 Å². The van der Waals surface area contributed by atoms with Gasteiger partial charge in [0.25, 0.3) is 0 Å². The average molecular weight is 258 g/mol. The van der Waals surface area contributed by atoms with Crippen LogP contribution in [0.1, 0.15) is 10.4 Å². The molecule has 0 radical (unpaired) electrons. The van der Waals surface area contributed by atoms with Crippen LogP contribution in [0.4, 0.5) is 0 Å². The molecule has 1 aromatic carbocycles. The molecule has 0 heterocycles. The fraction of sp³-hybridized carbons (Fsp3) is 0. The zero-order valence-electron chi connectivity index (χ0n) is 8.27. The molecule has 0 aliphatic heterocycles. The molecule has 0 aromatic heterocycles. The third-order valence-electron chi connectivity index (χ3n) is 1.12. The van der Waals surface area contributed by atoms with Gasteiger partial charge in [0.2, 0.25) is 0 Å². The molecule has 0 amide bonds. The van der Waals surface area contributed by atoms with E-state index in [9.17, 15) is 9.90 Å². The first kappa shape index (κ1) is 18.0. The minimum Gasteiger partial charge on any atom is -0.545 e. The second kappa shape index (κ2) is 7.81. The van der Waals surface area contributed by atoms with E-state index in [-0.39, 0.29) is 40.9 Å². The number of phenols is 1. The number of aromatic carboxylic acids is 1. The standard InChI is InChI=1S/C7H6O3.Na.H3O4P/c8-6-4-2-1-3-5(6)7(9)10;;1-5(2,3)4/h1-4,8H,(H,9,10);;(H3,1,2,3,4)/q;+1;/p-1. The molecule has 16 heavy (non-hydrogen) atoms. The van der Waals surface area contributed by atoms with Crippen molar-refractivity contribution in [3.8, 4) is 5.75 Å². The number of aromatic hydroxyl groups is 1. The van der Waals surface area contributed by atoms with Crippen molar-refractivity contribution in [3.05, 3.63) is 29.8 Å². The fourth-order valence-electron chi connectivity index (χ4n) is 0.646. The summed E-state index contributed by atoms with van der Waals surface area (Å²) in [5.41, 5.74) is -0.178. The zero-order chi connectivity index (χ0) is 12.1. The van der Waals surface area contributed by atoms with Gasteiger partial charge in [0.15, 0.2) is 0 Å². The molecule has 4 N–H and O–H groups in total. The van der Waals surface area contributed by atoms with Crippen molar-refractivity contribution in [2.75, 3.05) is 0 Å². The van der Waals surface area contributed by atoms with Gasteiger partial charge in [0, 0.05) is 5.56 Å². The summed E-state index contributed by atoms with van der Waals surface area (Å²) in [6.45, 7) is 0. The predicted octanol–water partition coefficient (Wildman–Crippen LogP) is -4.17. The third kappa shape index (κ3) is 10.1. The van der Waals surface area contributed by atoms with Crippen LogP contribution in [-0.4, -0.2) is 25.8 Å². The minimum absolute atomic E-state index is 0. The van der Waals surface area contributed by atoms with Gasteiger partial charge < -0.3 is 29.7 Å². The van der Waals surface area contributed by atoms with Crippen LogP contribution in [0, 0.1) is 0 Å². The summed E-state index contributed by atoms with van der Waals surface area (Å²) in [6, 6.07) is 5.64. The Bertz CT molecular complexity index is 380. The Morgan fingerprint density at radius 1 is 1.19 bits per heavy atom. The topological polar surface area (TPSA) is 138 Å². The van der Waals surface area contributed by atoms with Crippen LogP contribution in [0.25, 0.3) is 0 Å². The van der Waals surface area contributed by atoms with Crippen molar-refractivity contribution in [1.29, 1.82) is 0 Å². The number of para-hydroxylation sites is 1. The maximum atomic E-state index is 10.2. The number of carbonyl (C=O) groups excluding carboxylic acids is 1. The minimum atomic E-state index is -4.64. The summed E-state index contributed by atoms with van der Waals surface area (Å²) in [7, 11) is -4.64. The average Bonchev–Trinajstić information content (AvgIpc) is 2.01. The first-order valence-corrected chi connectivity index (χ1v) is 5.06. The molecule has 0 bridgehead atoms. The Morgan fingerprint density at radius 3 is 1.81 bits per heavy atom. The van der Waals surface area contributed by atoms with Crippen LogP contribution in [0.15, 0.2) is 24.3 Å². The molecule has 0 spiro atoms. The van der Waals surface area contributed by atoms with Gasteiger partial charge >= 0.3 is 37.4 Å². The van der Waals surface area contributed by atoms with Crippen LogP contribution in [0.2, 0.25) is 0 Å². The fourth-order valence-corrected chi connectivity index (χ4v) is 0.646. The Balaban J connectivity index is 0. The van der Waals surface area contributed by atoms with Crippen molar-refractivity contribution >= 4 is 13.8 Å². The van der Waals surface area contributed by atoms with E-state index in [1.807, 2.05) is 0 Å². The second-order valence-corrected chi connectivity index (χ2v) is 3.34. The van der Waals surface area contributed by atoms with Crippen LogP contribution in [0.3, 0.4) is 0 Å². The maximum absolute atomic E-state index is 10.2. The summed E-state index contributed by atoms with van der Waals surface area (Å²) < 4.78 is 8.88. The number of carboxylic acids is 1. The summed E-state index contributed by atoms with van der Waals surface area (Å²) in [6.07, 6.45) is 0. The molecule has 0 saturated heterocycles. The number of carbonyl (C=O) groups is 1. The molecule has 0 fully saturated rings. The molecule has 0 saturated carbocycles. The van der Waals surface area contributed by atoms with Gasteiger partial charge in [-0.2, -0.15) is 0 Å². The van der Waals surface area contributed by atoms with Crippen molar-refractivity contribution in [3.63, 3.8) is 0 Å². The Hall–Kier alpha value is -0.400. The summed E-state index contributed by atoms with van der Waals surface area (Å²) in [5, 5.41) is 19.0. The first-order valence-electron chi connectivity index (χ1n) is 3.49. The first-order chi connectivity index (χ1) is 6.72. The van der Waals surface area contributed by atoms with Crippen molar-refractivity contribution in [1.82, 2.24) is 0 Å². The Kier molecular flexibility index (Phi) is 8.77. The second-order valence-electron chi connectivity index (χ2n) is 2.32. The van der Waals surface area contributed by atoms with Crippen LogP contribution < -0.4 is 34.7 Å². The summed E-state index contributed by atoms with van der Waals surface area (Å²) in [4.78, 5) is 31.7. The summed E-state index contributed by atoms with van der Waals surface area (Å²) >= 11 is 0. The SMILES string of the molecule is O=C([O-])c1ccccc1O.O=P(O)(O)O.[Na+]. The van der Waals surface area contributed by atoms with Crippen LogP contribution in [0.5, 0.6) is 5.75 Å². The molecule has 0 aliphatic carbocycles. The number of rotatable bonds is 1. The molecule has 0 aliphatic rings. The quantitative estimate of drug-likeness (QED) is 0.296. The molecule has 0 unspecified atom stereocenters. The molecule has 7 nitrogen and oxygen atoms in total. The molecule has 9 heteroatoms. The number of hydrogen-bond donors (Lipinski definition) is 4. The number of benzene rings is 1. The number of phosphoric acid groups is 1. The molecule has 1 rings (SSSR count). The van der Waals surface area contributed by atoms with Crippen molar-refractivity contribution < 1.29 is 63.8 Å². The third-order valence-corrected chi connectivity index (χ3v) is 1.12. The molecule has 84 valence electrons. The predicted molar refractivity (Wildman–Crippen MR) is 46.7 cm³/mol. The normalized spacial score (nSPS) is 9.44. The van der Waals surface area contributed by atoms with Crippen molar-refractivity contribution in [2.24, 2.45) is 0 Å². The van der Waals surface area contributed by atoms with Gasteiger partial charge in [0.05, 0.1) is 5.97 Å². The van der Waals surface area contributed by atoms with Gasteiger partial charge in [-0.05, 0) is 12.1 Å². The monoisotopic (exact) mass is 258 g/mol. The summed E-state index contributed by atoms with van der Waals surface area (Å²) in [5.74, 6) is -1.62. The van der Waals surface area contributed by atoms with E-state index in [4.69, 9.17) is 24.4 Å². The van der Waals surface area contributed by atoms with Crippen molar-refractivity contribution in [2.45, 2.75) is 0 Å². The van der Waals surface area contributed by atoms with Gasteiger partial charge in [-0.15, -0.1) is 0 Å². The van der Waals surface area contributed by atoms with E-state index >= 15 is 0 Å². The van der Waals surface area contributed by atoms with Gasteiger partial charge in [0.1, 0.15) is 5.75 Å². The number of carboxylic acid groups (broad SMARTS) is 1. The van der Waals surface area contributed by atoms with E-state index < -0.39 is 13.8 Å². The largest absolute Gasteiger partial charge is 1.00 e. The van der Waals surface area contributed by atoms with E-state index in [0.717, 1.165) is 0 Å². The van der Waals surface area contributed by atoms with Crippen LogP contribution >= 0.6 is 7.82 Å². The zero-order valence-corrected chi connectivity index (χ0v) is 11.2. The molecule has 0 atom stereocenters. The Labute approximate surface area is 113 Å². The van der Waals surface area contributed by atoms with Gasteiger partial charge in [-0.25, -0.2) is 4.57 Å². The van der Waals surface area contributed by atoms with Crippen LogP contribution in [-0.2, 0) is 4.57 Å².